The van der Waals surface area contributed by atoms with Gasteiger partial charge in [-0.3, -0.25) is 0 Å². The molecule has 0 saturated heterocycles. The zero-order valence-corrected chi connectivity index (χ0v) is 57.9. The average Bonchev–Trinajstić information content (AvgIpc) is 1.57. The van der Waals surface area contributed by atoms with Crippen LogP contribution in [-0.4, -0.2) is 23.7 Å². The molecule has 0 fully saturated rings. The number of fused-ring (bicyclic) bond motifs is 9. The second kappa shape index (κ2) is 21.6. The summed E-state index contributed by atoms with van der Waals surface area (Å²) in [4.78, 5) is 10.5. The minimum absolute atomic E-state index is 0.0797. The molecule has 0 N–H and O–H groups in total. The van der Waals surface area contributed by atoms with E-state index in [9.17, 15) is 0 Å². The lowest BCUT2D eigenvalue weighted by Gasteiger charge is -2.25. The first-order valence-corrected chi connectivity index (χ1v) is 33.5. The van der Waals surface area contributed by atoms with Crippen molar-refractivity contribution in [3.63, 3.8) is 0 Å². The summed E-state index contributed by atoms with van der Waals surface area (Å²) in [7, 11) is 0. The van der Waals surface area contributed by atoms with Crippen LogP contribution in [0.1, 0.15) is 158 Å². The predicted octanol–water partition coefficient (Wildman–Crippen LogP) is 24.2. The highest BCUT2D eigenvalue weighted by Crippen LogP contribution is 2.48. The molecule has 0 bridgehead atoms. The Hall–Kier alpha value is -9.32. The molecule has 466 valence electrons. The predicted molar refractivity (Wildman–Crippen MR) is 399 cm³/mol. The third-order valence-electron chi connectivity index (χ3n) is 19.6. The first-order chi connectivity index (χ1) is 43.9. The van der Waals surface area contributed by atoms with Gasteiger partial charge in [-0.25, -0.2) is 9.97 Å². The van der Waals surface area contributed by atoms with E-state index in [1.807, 2.05) is 6.07 Å². The normalized spacial score (nSPS) is 13.1. The number of hydrogen-bond acceptors (Lipinski definition) is 2. The van der Waals surface area contributed by atoms with Crippen molar-refractivity contribution in [2.45, 2.75) is 157 Å². The van der Waals surface area contributed by atoms with Crippen molar-refractivity contribution in [1.29, 1.82) is 0 Å². The highest BCUT2D eigenvalue weighted by molar-refractivity contribution is 6.15. The maximum atomic E-state index is 5.30. The molecule has 5 nitrogen and oxygen atoms in total. The van der Waals surface area contributed by atoms with Crippen molar-refractivity contribution in [3.05, 3.63) is 246 Å². The smallest absolute Gasteiger partial charge is 0.160 e. The molecule has 0 spiro atoms. The van der Waals surface area contributed by atoms with Gasteiger partial charge in [0.15, 0.2) is 5.82 Å². The molecule has 0 amide bonds. The van der Waals surface area contributed by atoms with Gasteiger partial charge in [-0.15, -0.1) is 0 Å². The molecule has 5 heteroatoms. The fraction of sp³-hybridized carbons (Fsp3) is 0.273. The monoisotopic (exact) mass is 1220 g/mol. The van der Waals surface area contributed by atoms with Crippen molar-refractivity contribution < 1.29 is 0 Å². The molecule has 93 heavy (non-hydrogen) atoms. The third kappa shape index (κ3) is 10.9. The molecule has 10 aromatic carbocycles. The van der Waals surface area contributed by atoms with Crippen molar-refractivity contribution in [3.8, 4) is 62.1 Å². The molecule has 0 unspecified atom stereocenters. The van der Waals surface area contributed by atoms with Gasteiger partial charge in [0, 0.05) is 49.0 Å². The van der Waals surface area contributed by atoms with Crippen LogP contribution in [0.15, 0.2) is 212 Å². The summed E-state index contributed by atoms with van der Waals surface area (Å²) >= 11 is 0. The molecule has 0 aliphatic rings. The Morgan fingerprint density at radius 3 is 0.774 bits per heavy atom. The molecule has 14 rings (SSSR count). The Morgan fingerprint density at radius 2 is 0.484 bits per heavy atom. The summed E-state index contributed by atoms with van der Waals surface area (Å²) in [5.41, 5.74) is 24.6. The van der Waals surface area contributed by atoms with Gasteiger partial charge in [-0.05, 0) is 168 Å². The van der Waals surface area contributed by atoms with E-state index in [1.54, 1.807) is 0 Å². The van der Waals surface area contributed by atoms with E-state index in [0.29, 0.717) is 5.82 Å². The Balaban J connectivity index is 1.16. The second-order valence-corrected chi connectivity index (χ2v) is 32.5. The summed E-state index contributed by atoms with van der Waals surface area (Å²) in [5, 5.41) is 7.47. The average molecular weight is 1220 g/mol. The van der Waals surface area contributed by atoms with Crippen LogP contribution < -0.4 is 0 Å². The van der Waals surface area contributed by atoms with Crippen molar-refractivity contribution in [2.24, 2.45) is 0 Å². The molecule has 4 aromatic heterocycles. The Bertz CT molecular complexity index is 4830. The van der Waals surface area contributed by atoms with Crippen molar-refractivity contribution in [1.82, 2.24) is 23.7 Å². The van der Waals surface area contributed by atoms with Crippen LogP contribution in [0.3, 0.4) is 0 Å². The summed E-state index contributed by atoms with van der Waals surface area (Å²) in [6.45, 7) is 42.0. The molecular formula is C88H89N5. The van der Waals surface area contributed by atoms with Gasteiger partial charge >= 0.3 is 0 Å². The molecule has 14 aromatic rings. The highest BCUT2D eigenvalue weighted by Gasteiger charge is 2.31. The first kappa shape index (κ1) is 61.2. The molecule has 0 aliphatic carbocycles. The van der Waals surface area contributed by atoms with Crippen LogP contribution >= 0.6 is 0 Å². The van der Waals surface area contributed by atoms with Gasteiger partial charge in [-0.2, -0.15) is 0 Å². The van der Waals surface area contributed by atoms with E-state index in [2.05, 4.69) is 345 Å². The molecule has 0 saturated carbocycles. The fourth-order valence-corrected chi connectivity index (χ4v) is 13.9. The summed E-state index contributed by atoms with van der Waals surface area (Å²) in [5.74, 6) is 0.695. The van der Waals surface area contributed by atoms with Crippen LogP contribution in [0, 0.1) is 0 Å². The van der Waals surface area contributed by atoms with Crippen LogP contribution in [-0.2, 0) is 32.5 Å². The topological polar surface area (TPSA) is 40.6 Å². The van der Waals surface area contributed by atoms with Gasteiger partial charge in [0.25, 0.3) is 0 Å². The van der Waals surface area contributed by atoms with E-state index < -0.39 is 0 Å². The lowest BCUT2D eigenvalue weighted by Crippen LogP contribution is -2.12. The van der Waals surface area contributed by atoms with Gasteiger partial charge in [0.1, 0.15) is 0 Å². The van der Waals surface area contributed by atoms with Crippen LogP contribution in [0.5, 0.6) is 0 Å². The summed E-state index contributed by atoms with van der Waals surface area (Å²) in [6.07, 6.45) is 0. The van der Waals surface area contributed by atoms with Gasteiger partial charge in [-0.1, -0.05) is 246 Å². The SMILES string of the molecule is CC(C)(C)c1ccc2c(c1)c1cc(C(C)(C)C)ccc1n2-c1cc(-c2ccc(-c3cc(-c4ccccc4)nc(-c4ccccc4)n3)cc2)cc(-n2c3ccc(C(C)(C)C)cc3c3cc(C(C)(C)C)ccc32)c1-n1c2ccc(C(C)(C)C)cc2c2cc(C(C)(C)C)ccc21. The number of rotatable bonds is 7. The van der Waals surface area contributed by atoms with Gasteiger partial charge in [0.05, 0.1) is 61.6 Å². The Kier molecular flexibility index (Phi) is 14.2. The Morgan fingerprint density at radius 1 is 0.226 bits per heavy atom. The zero-order chi connectivity index (χ0) is 65.6. The molecule has 0 aliphatic heterocycles. The summed E-state index contributed by atoms with van der Waals surface area (Å²) in [6, 6.07) is 80.7. The zero-order valence-electron chi connectivity index (χ0n) is 57.9. The van der Waals surface area contributed by atoms with E-state index >= 15 is 0 Å². The molecule has 4 heterocycles. The molecular weight excluding hydrogens is 1130 g/mol. The van der Waals surface area contributed by atoms with E-state index in [1.165, 1.54) is 65.7 Å². The van der Waals surface area contributed by atoms with Crippen LogP contribution in [0.4, 0.5) is 0 Å². The van der Waals surface area contributed by atoms with Crippen molar-refractivity contribution in [2.75, 3.05) is 0 Å². The standard InChI is InChI=1S/C88H89N5/c1-83(2,3)59-33-39-73-65(47-59)66-48-60(84(4,5)6)34-40-74(66)91(73)79-45-58(54-29-31-56(32-30-54)72-53-71(55-25-21-19-22-26-55)89-82(90-72)57-27-23-20-24-28-57)46-80(92-75-41-35-61(85(7,8)9)49-67(75)68-50-62(86(10,11)12)36-42-76(68)92)81(79)93-77-43-37-63(87(13,14)15)51-69(77)70-52-64(88(16,17)18)38-44-78(70)93/h19-53H,1-18H3. The largest absolute Gasteiger partial charge is 0.307 e. The highest BCUT2D eigenvalue weighted by atomic mass is 15.1. The van der Waals surface area contributed by atoms with E-state index in [4.69, 9.17) is 9.97 Å². The van der Waals surface area contributed by atoms with E-state index in [-0.39, 0.29) is 32.5 Å². The maximum Gasteiger partial charge on any atom is 0.160 e. The number of benzene rings is 10. The Labute approximate surface area is 550 Å². The first-order valence-electron chi connectivity index (χ1n) is 33.5. The van der Waals surface area contributed by atoms with Crippen LogP contribution in [0.25, 0.3) is 128 Å². The maximum absolute atomic E-state index is 5.30. The van der Waals surface area contributed by atoms with Crippen molar-refractivity contribution >= 4 is 65.4 Å². The van der Waals surface area contributed by atoms with E-state index in [0.717, 1.165) is 89.4 Å². The number of aromatic nitrogens is 5. The third-order valence-corrected chi connectivity index (χ3v) is 19.6. The second-order valence-electron chi connectivity index (χ2n) is 32.5. The molecule has 0 radical (unpaired) electrons. The van der Waals surface area contributed by atoms with Gasteiger partial charge < -0.3 is 13.7 Å². The number of hydrogen-bond donors (Lipinski definition) is 0. The fourth-order valence-electron chi connectivity index (χ4n) is 13.9. The van der Waals surface area contributed by atoms with Crippen LogP contribution in [0.2, 0.25) is 0 Å². The molecule has 0 atom stereocenters. The summed E-state index contributed by atoms with van der Waals surface area (Å²) < 4.78 is 7.87. The van der Waals surface area contributed by atoms with Gasteiger partial charge in [0.2, 0.25) is 0 Å². The number of nitrogens with zero attached hydrogens (tertiary/aromatic N) is 5. The minimum atomic E-state index is -0.0822. The lowest BCUT2D eigenvalue weighted by molar-refractivity contribution is 0.590. The lowest BCUT2D eigenvalue weighted by atomic mass is 9.85. The minimum Gasteiger partial charge on any atom is -0.307 e. The quantitative estimate of drug-likeness (QED) is 0.160.